The SMILES string of the molecule is [NH3+]/C=C/[NH3+]. The van der Waals surface area contributed by atoms with E-state index in [1.807, 2.05) is 0 Å². The summed E-state index contributed by atoms with van der Waals surface area (Å²) in [4.78, 5) is 0. The molecule has 0 unspecified atom stereocenters. The van der Waals surface area contributed by atoms with Gasteiger partial charge in [-0.25, -0.2) is 0 Å². The van der Waals surface area contributed by atoms with E-state index in [0.717, 1.165) is 0 Å². The highest BCUT2D eigenvalue weighted by Gasteiger charge is 1.42. The van der Waals surface area contributed by atoms with Crippen LogP contribution < -0.4 is 11.5 Å². The van der Waals surface area contributed by atoms with Crippen molar-refractivity contribution in [3.63, 3.8) is 0 Å². The quantitative estimate of drug-likeness (QED) is 0.323. The first kappa shape index (κ1) is 3.66. The number of quaternary nitrogens is 2. The fraction of sp³-hybridized carbons (Fsp3) is 0. The highest BCUT2D eigenvalue weighted by molar-refractivity contribution is 4.45. The van der Waals surface area contributed by atoms with Crippen LogP contribution in [0.25, 0.3) is 0 Å². The summed E-state index contributed by atoms with van der Waals surface area (Å²) in [5.41, 5.74) is 6.72. The van der Waals surface area contributed by atoms with Crippen LogP contribution >= 0.6 is 0 Å². The summed E-state index contributed by atoms with van der Waals surface area (Å²) in [6, 6.07) is 0. The van der Waals surface area contributed by atoms with Crippen LogP contribution in [-0.2, 0) is 0 Å². The molecule has 0 aromatic rings. The first-order valence-electron chi connectivity index (χ1n) is 1.15. The molecule has 0 aromatic heterocycles. The van der Waals surface area contributed by atoms with Gasteiger partial charge in [-0.2, -0.15) is 0 Å². The van der Waals surface area contributed by atoms with E-state index in [-0.39, 0.29) is 0 Å². The summed E-state index contributed by atoms with van der Waals surface area (Å²) < 4.78 is 0. The van der Waals surface area contributed by atoms with Crippen molar-refractivity contribution in [3.8, 4) is 0 Å². The molecule has 0 spiro atoms. The van der Waals surface area contributed by atoms with Gasteiger partial charge in [0.1, 0.15) is 12.4 Å². The molecule has 0 rings (SSSR count). The van der Waals surface area contributed by atoms with Crippen molar-refractivity contribution in [1.82, 2.24) is 0 Å². The van der Waals surface area contributed by atoms with E-state index in [9.17, 15) is 0 Å². The molecule has 0 bridgehead atoms. The molecule has 0 aliphatic rings. The van der Waals surface area contributed by atoms with Crippen molar-refractivity contribution < 1.29 is 11.5 Å². The van der Waals surface area contributed by atoms with Crippen molar-refractivity contribution in [2.45, 2.75) is 0 Å². The summed E-state index contributed by atoms with van der Waals surface area (Å²) in [6.45, 7) is 0. The van der Waals surface area contributed by atoms with Gasteiger partial charge in [0.2, 0.25) is 0 Å². The minimum absolute atomic E-state index is 1.64. The van der Waals surface area contributed by atoms with Crippen molar-refractivity contribution in [1.29, 1.82) is 0 Å². The zero-order chi connectivity index (χ0) is 3.41. The maximum absolute atomic E-state index is 3.36. The standard InChI is InChI=1S/C2H6N2/c3-1-2-4/h1-2H,3-4H2/p+2/b2-1+. The number of hydrogen-bond donors (Lipinski definition) is 2. The molecule has 0 fully saturated rings. The summed E-state index contributed by atoms with van der Waals surface area (Å²) in [7, 11) is 0. The van der Waals surface area contributed by atoms with Crippen LogP contribution in [0.5, 0.6) is 0 Å². The van der Waals surface area contributed by atoms with Gasteiger partial charge < -0.3 is 11.5 Å². The van der Waals surface area contributed by atoms with Crippen LogP contribution in [0.1, 0.15) is 0 Å². The molecule has 6 N–H and O–H groups in total. The summed E-state index contributed by atoms with van der Waals surface area (Å²) in [6.07, 6.45) is 3.28. The van der Waals surface area contributed by atoms with Crippen molar-refractivity contribution in [3.05, 3.63) is 12.4 Å². The van der Waals surface area contributed by atoms with E-state index < -0.39 is 0 Å². The molecule has 4 heavy (non-hydrogen) atoms. The average Bonchev–Trinajstić information content (AvgIpc) is 1.37. The fourth-order valence-corrected chi connectivity index (χ4v) is 0. The molecule has 0 saturated heterocycles. The second-order valence-corrected chi connectivity index (χ2v) is 0.471. The lowest BCUT2D eigenvalue weighted by Gasteiger charge is -1.45. The molecule has 0 heterocycles. The van der Waals surface area contributed by atoms with Crippen LogP contribution in [0.15, 0.2) is 12.4 Å². The molecule has 0 aromatic carbocycles. The van der Waals surface area contributed by atoms with Gasteiger partial charge in [0.05, 0.1) is 0 Å². The maximum atomic E-state index is 3.36. The summed E-state index contributed by atoms with van der Waals surface area (Å²) in [5.74, 6) is 0. The molecular weight excluding hydrogens is 52.0 g/mol. The van der Waals surface area contributed by atoms with Gasteiger partial charge in [-0.05, 0) is 0 Å². The molecule has 0 atom stereocenters. The molecule has 0 aliphatic heterocycles. The monoisotopic (exact) mass is 60.1 g/mol. The van der Waals surface area contributed by atoms with Gasteiger partial charge in [0.15, 0.2) is 0 Å². The van der Waals surface area contributed by atoms with Gasteiger partial charge in [-0.1, -0.05) is 0 Å². The Bertz CT molecular complexity index is 19.2. The van der Waals surface area contributed by atoms with Gasteiger partial charge in [-0.15, -0.1) is 0 Å². The average molecular weight is 60.1 g/mol. The third kappa shape index (κ3) is 1.66. The second kappa shape index (κ2) is 2.66. The predicted octanol–water partition coefficient (Wildman–Crippen LogP) is -2.06. The maximum Gasteiger partial charge on any atom is 0.145 e. The predicted molar refractivity (Wildman–Crippen MR) is 14.9 cm³/mol. The molecule has 0 amide bonds. The Morgan fingerprint density at radius 2 is 1.25 bits per heavy atom. The van der Waals surface area contributed by atoms with Crippen LogP contribution in [0.2, 0.25) is 0 Å². The van der Waals surface area contributed by atoms with Crippen molar-refractivity contribution in [2.24, 2.45) is 0 Å². The molecule has 24 valence electrons. The van der Waals surface area contributed by atoms with Gasteiger partial charge in [0, 0.05) is 0 Å². The Morgan fingerprint density at radius 1 is 1.00 bits per heavy atom. The summed E-state index contributed by atoms with van der Waals surface area (Å²) in [5, 5.41) is 0. The van der Waals surface area contributed by atoms with Gasteiger partial charge >= 0.3 is 0 Å². The third-order valence-electron chi connectivity index (χ3n) is 0.167. The highest BCUT2D eigenvalue weighted by Crippen LogP contribution is 1.18. The van der Waals surface area contributed by atoms with E-state index in [0.29, 0.717) is 0 Å². The molecule has 0 saturated carbocycles. The van der Waals surface area contributed by atoms with E-state index >= 15 is 0 Å². The lowest BCUT2D eigenvalue weighted by molar-refractivity contribution is -0.320. The van der Waals surface area contributed by atoms with E-state index in [2.05, 4.69) is 11.5 Å². The number of rotatable bonds is 0. The fourth-order valence-electron chi connectivity index (χ4n) is 0. The van der Waals surface area contributed by atoms with Gasteiger partial charge in [-0.3, -0.25) is 0 Å². The molecule has 2 heteroatoms. The van der Waals surface area contributed by atoms with E-state index in [4.69, 9.17) is 0 Å². The third-order valence-corrected chi connectivity index (χ3v) is 0.167. The lowest BCUT2D eigenvalue weighted by atomic mass is 11.0. The summed E-state index contributed by atoms with van der Waals surface area (Å²) >= 11 is 0. The second-order valence-electron chi connectivity index (χ2n) is 0.471. The zero-order valence-electron chi connectivity index (χ0n) is 2.57. The minimum Gasteiger partial charge on any atom is -0.327 e. The lowest BCUT2D eigenvalue weighted by Crippen LogP contribution is -2.47. The smallest absolute Gasteiger partial charge is 0.145 e. The van der Waals surface area contributed by atoms with E-state index in [1.165, 1.54) is 0 Å². The molecule has 0 radical (unpaired) electrons. The Morgan fingerprint density at radius 3 is 1.25 bits per heavy atom. The molecular formula is C2H8N2+2. The van der Waals surface area contributed by atoms with E-state index in [1.54, 1.807) is 12.4 Å². The normalized spacial score (nSPS) is 9.50. The molecule has 2 nitrogen and oxygen atoms in total. The van der Waals surface area contributed by atoms with Crippen molar-refractivity contribution in [2.75, 3.05) is 0 Å². The Balaban J connectivity index is 2.55. The highest BCUT2D eigenvalue weighted by atomic mass is 14.6. The topological polar surface area (TPSA) is 55.3 Å². The molecule has 0 aliphatic carbocycles. The zero-order valence-corrected chi connectivity index (χ0v) is 2.57. The Kier molecular flexibility index (Phi) is 2.43. The Hall–Kier alpha value is -0.340. The van der Waals surface area contributed by atoms with Crippen molar-refractivity contribution >= 4 is 0 Å². The number of hydrogen-bond acceptors (Lipinski definition) is 0. The van der Waals surface area contributed by atoms with Crippen LogP contribution in [0.4, 0.5) is 0 Å². The largest absolute Gasteiger partial charge is 0.327 e. The Labute approximate surface area is 25.1 Å². The first-order valence-corrected chi connectivity index (χ1v) is 1.15. The van der Waals surface area contributed by atoms with Gasteiger partial charge in [0.25, 0.3) is 0 Å². The van der Waals surface area contributed by atoms with Crippen LogP contribution in [0.3, 0.4) is 0 Å². The van der Waals surface area contributed by atoms with Crippen LogP contribution in [0, 0.1) is 0 Å². The van der Waals surface area contributed by atoms with Crippen LogP contribution in [-0.4, -0.2) is 0 Å². The first-order chi connectivity index (χ1) is 1.91. The minimum atomic E-state index is 1.64.